The van der Waals surface area contributed by atoms with Gasteiger partial charge in [0.05, 0.1) is 12.7 Å². The maximum absolute atomic E-state index is 12.9. The summed E-state index contributed by atoms with van der Waals surface area (Å²) in [6.07, 6.45) is 2.60. The van der Waals surface area contributed by atoms with E-state index in [2.05, 4.69) is 18.6 Å². The summed E-state index contributed by atoms with van der Waals surface area (Å²) in [4.78, 5) is 33.8. The van der Waals surface area contributed by atoms with Crippen LogP contribution in [0.5, 0.6) is 0 Å². The third-order valence-electron chi connectivity index (χ3n) is 2.66. The van der Waals surface area contributed by atoms with Gasteiger partial charge in [0.25, 0.3) is 5.56 Å². The summed E-state index contributed by atoms with van der Waals surface area (Å²) in [5, 5.41) is 21.9. The Morgan fingerprint density at radius 2 is 1.86 bits per heavy atom. The summed E-state index contributed by atoms with van der Waals surface area (Å²) in [7, 11) is 7.48. The lowest BCUT2D eigenvalue weighted by molar-refractivity contribution is -0.149. The molecular weight excluding hydrogens is 392 g/mol. The van der Waals surface area contributed by atoms with Gasteiger partial charge in [-0.05, 0) is 12.8 Å². The highest BCUT2D eigenvalue weighted by Crippen LogP contribution is 2.24. The third-order valence-corrected chi connectivity index (χ3v) is 2.66. The van der Waals surface area contributed by atoms with Gasteiger partial charge >= 0.3 is 11.7 Å². The number of aromatic nitrogens is 2. The second-order valence-corrected chi connectivity index (χ2v) is 4.91. The van der Waals surface area contributed by atoms with Gasteiger partial charge in [-0.1, -0.05) is 20.3 Å². The van der Waals surface area contributed by atoms with Crippen molar-refractivity contribution < 1.29 is 34.0 Å². The zero-order valence-electron chi connectivity index (χ0n) is 17.1. The van der Waals surface area contributed by atoms with Crippen LogP contribution in [0.1, 0.15) is 39.3 Å². The van der Waals surface area contributed by atoms with Gasteiger partial charge in [-0.3, -0.25) is 19.1 Å². The second-order valence-electron chi connectivity index (χ2n) is 4.91. The van der Waals surface area contributed by atoms with E-state index in [1.54, 1.807) is 0 Å². The molecule has 2 radical (unpaired) electrons. The van der Waals surface area contributed by atoms with Crippen molar-refractivity contribution in [2.24, 2.45) is 5.73 Å². The van der Waals surface area contributed by atoms with Crippen LogP contribution in [0.25, 0.3) is 0 Å². The predicted molar refractivity (Wildman–Crippen MR) is 105 cm³/mol. The Morgan fingerprint density at radius 3 is 2.21 bits per heavy atom. The van der Waals surface area contributed by atoms with Gasteiger partial charge in [0.1, 0.15) is 14.1 Å². The molecule has 1 saturated heterocycles. The van der Waals surface area contributed by atoms with Crippen LogP contribution in [0.3, 0.4) is 0 Å². The molecule has 6 N–H and O–H groups in total. The molecule has 1 fully saturated rings. The van der Waals surface area contributed by atoms with Gasteiger partial charge in [0, 0.05) is 20.2 Å². The van der Waals surface area contributed by atoms with Gasteiger partial charge in [0.15, 0.2) is 6.79 Å². The Bertz CT molecular complexity index is 641. The van der Waals surface area contributed by atoms with Crippen LogP contribution in [0.4, 0.5) is 4.39 Å². The summed E-state index contributed by atoms with van der Waals surface area (Å²) in [6.45, 7) is 3.48. The Kier molecular flexibility index (Phi) is 22.6. The molecular formula is C16H31BFN3O8. The molecule has 29 heavy (non-hydrogen) atoms. The number of nitrogens with two attached hydrogens (primary N) is 1. The van der Waals surface area contributed by atoms with Crippen LogP contribution in [-0.2, 0) is 14.3 Å². The summed E-state index contributed by atoms with van der Waals surface area (Å²) in [6, 6.07) is -0.447. The molecule has 11 nitrogen and oxygen atoms in total. The Hall–Kier alpha value is -2.06. The quantitative estimate of drug-likeness (QED) is 0.221. The first-order chi connectivity index (χ1) is 13.8. The summed E-state index contributed by atoms with van der Waals surface area (Å²) >= 11 is 0. The van der Waals surface area contributed by atoms with Crippen molar-refractivity contribution >= 4 is 13.8 Å². The minimum atomic E-state index is -1.03. The van der Waals surface area contributed by atoms with Gasteiger partial charge in [-0.2, -0.15) is 4.39 Å². The largest absolute Gasteiger partial charge is 0.438 e. The van der Waals surface area contributed by atoms with Crippen LogP contribution in [0, 0.1) is 5.82 Å². The number of halogens is 1. The fourth-order valence-corrected chi connectivity index (χ4v) is 1.65. The van der Waals surface area contributed by atoms with Crippen molar-refractivity contribution in [1.82, 2.24) is 9.55 Å². The van der Waals surface area contributed by atoms with Crippen LogP contribution in [0.2, 0.25) is 0 Å². The van der Waals surface area contributed by atoms with Gasteiger partial charge in [0.2, 0.25) is 5.82 Å². The molecule has 168 valence electrons. The Morgan fingerprint density at radius 1 is 1.34 bits per heavy atom. The smallest absolute Gasteiger partial charge is 0.330 e. The molecule has 1 aromatic heterocycles. The second kappa shape index (κ2) is 20.7. The lowest BCUT2D eigenvalue weighted by Crippen LogP contribution is -2.33. The molecule has 2 rings (SSSR count). The van der Waals surface area contributed by atoms with Crippen molar-refractivity contribution in [3.8, 4) is 0 Å². The van der Waals surface area contributed by atoms with E-state index in [0.29, 0.717) is 12.8 Å². The zero-order valence-corrected chi connectivity index (χ0v) is 17.1. The number of hydrogen-bond donors (Lipinski definition) is 5. The molecule has 1 unspecified atom stereocenters. The Labute approximate surface area is 169 Å². The molecule has 0 bridgehead atoms. The van der Waals surface area contributed by atoms with E-state index in [1.165, 1.54) is 6.42 Å². The highest BCUT2D eigenvalue weighted by Gasteiger charge is 2.24. The summed E-state index contributed by atoms with van der Waals surface area (Å²) in [5.41, 5.74) is 3.05. The minimum Gasteiger partial charge on any atom is -0.438 e. The number of esters is 1. The molecule has 0 amide bonds. The maximum Gasteiger partial charge on any atom is 0.330 e. The highest BCUT2D eigenvalue weighted by atomic mass is 19.1. The van der Waals surface area contributed by atoms with Crippen molar-refractivity contribution in [1.29, 1.82) is 0 Å². The average molecular weight is 423 g/mol. The van der Waals surface area contributed by atoms with Crippen LogP contribution >= 0.6 is 0 Å². The molecule has 1 aromatic rings. The normalized spacial score (nSPS) is 16.3. The zero-order chi connectivity index (χ0) is 23.4. The number of carbonyl (C=O) groups is 1. The molecule has 0 aromatic carbocycles. The molecule has 1 aliphatic heterocycles. The first kappa shape index (κ1) is 31.6. The van der Waals surface area contributed by atoms with E-state index < -0.39 is 42.1 Å². The topological polar surface area (TPSA) is 177 Å². The number of carbonyl (C=O) groups excluding carboxylic acids is 1. The fraction of sp³-hybridized carbons (Fsp3) is 0.688. The van der Waals surface area contributed by atoms with Crippen LogP contribution in [0.15, 0.2) is 15.8 Å². The standard InChI is InChI=1S/C8H8BFN2O3.C3H7NO3.C3H8.2CH4O/c9-5-1-2-6(15-5)12-3-4(10)7(13)11-8(12)14;4-1-3(6)7-2-5;1-3-2;2*1-2/h3,5-6H,1-2H2,(H,11,13,14);5H,1-2,4H2;3H2,1-2H3;2*2H,1H3/t5-,6?;;;;/m0..../s1. The van der Waals surface area contributed by atoms with E-state index in [9.17, 15) is 18.8 Å². The van der Waals surface area contributed by atoms with Gasteiger partial charge in [-0.25, -0.2) is 4.79 Å². The van der Waals surface area contributed by atoms with Crippen molar-refractivity contribution in [2.75, 3.05) is 27.6 Å². The molecule has 2 atom stereocenters. The van der Waals surface area contributed by atoms with E-state index >= 15 is 0 Å². The van der Waals surface area contributed by atoms with E-state index in [-0.39, 0.29) is 6.54 Å². The SMILES string of the molecule is CCC.CO.CO.NCC(=O)OCO.[B][C@@H]1CCC(n2cc(F)c(=O)[nH]c2=O)O1. The number of aliphatic hydroxyl groups is 3. The number of hydrogen-bond acceptors (Lipinski definition) is 9. The predicted octanol–water partition coefficient (Wildman–Crippen LogP) is -1.45. The third kappa shape index (κ3) is 14.6. The molecule has 0 aliphatic carbocycles. The summed E-state index contributed by atoms with van der Waals surface area (Å²) < 4.78 is 23.1. The number of aliphatic hydroxyl groups excluding tert-OH is 3. The van der Waals surface area contributed by atoms with E-state index in [4.69, 9.17) is 33.6 Å². The minimum absolute atomic E-state index is 0.180. The van der Waals surface area contributed by atoms with Crippen LogP contribution < -0.4 is 17.0 Å². The number of H-pyrrole nitrogens is 1. The monoisotopic (exact) mass is 423 g/mol. The fourth-order valence-electron chi connectivity index (χ4n) is 1.65. The lowest BCUT2D eigenvalue weighted by atomic mass is 9.98. The first-order valence-electron chi connectivity index (χ1n) is 8.58. The number of rotatable bonds is 3. The number of ether oxygens (including phenoxy) is 2. The van der Waals surface area contributed by atoms with Gasteiger partial charge < -0.3 is 30.5 Å². The van der Waals surface area contributed by atoms with E-state index in [1.807, 2.05) is 4.98 Å². The number of nitrogens with one attached hydrogen (secondary N) is 1. The summed E-state index contributed by atoms with van der Waals surface area (Å²) in [5.74, 6) is -1.61. The number of aromatic amines is 1. The number of nitrogens with zero attached hydrogens (tertiary/aromatic N) is 1. The van der Waals surface area contributed by atoms with E-state index in [0.717, 1.165) is 25.0 Å². The van der Waals surface area contributed by atoms with Crippen LogP contribution in [-0.4, -0.2) is 72.2 Å². The lowest BCUT2D eigenvalue weighted by Gasteiger charge is -2.13. The van der Waals surface area contributed by atoms with Crippen molar-refractivity contribution in [2.45, 2.75) is 45.3 Å². The first-order valence-corrected chi connectivity index (χ1v) is 8.58. The van der Waals surface area contributed by atoms with Crippen molar-refractivity contribution in [3.63, 3.8) is 0 Å². The molecule has 1 aliphatic rings. The average Bonchev–Trinajstić information content (AvgIpc) is 3.15. The maximum atomic E-state index is 12.9. The molecule has 0 spiro atoms. The Balaban J connectivity index is -0.000000407. The molecule has 0 saturated carbocycles. The van der Waals surface area contributed by atoms with Gasteiger partial charge in [-0.15, -0.1) is 0 Å². The van der Waals surface area contributed by atoms with Crippen molar-refractivity contribution in [3.05, 3.63) is 32.9 Å². The molecule has 2 heterocycles. The highest BCUT2D eigenvalue weighted by molar-refractivity contribution is 6.11. The molecule has 13 heteroatoms.